The zero-order chi connectivity index (χ0) is 29.1. The number of nitrogens with zero attached hydrogens (tertiary/aromatic N) is 2. The third-order valence-electron chi connectivity index (χ3n) is 8.70. The fraction of sp³-hybridized carbons (Fsp3) is 0.471. The molecule has 0 spiro atoms. The Kier molecular flexibility index (Phi) is 9.07. The average Bonchev–Trinajstić information content (AvgIpc) is 3.40. The van der Waals surface area contributed by atoms with Crippen molar-refractivity contribution in [1.29, 1.82) is 0 Å². The molecule has 1 fully saturated rings. The van der Waals surface area contributed by atoms with Gasteiger partial charge in [0.05, 0.1) is 13.2 Å². The number of benzene rings is 2. The summed E-state index contributed by atoms with van der Waals surface area (Å²) in [5, 5.41) is 3.10. The average molecular weight is 557 g/mol. The summed E-state index contributed by atoms with van der Waals surface area (Å²) >= 11 is 0. The van der Waals surface area contributed by atoms with Gasteiger partial charge in [-0.05, 0) is 98.3 Å². The van der Waals surface area contributed by atoms with E-state index in [9.17, 15) is 9.59 Å². The first-order valence-electron chi connectivity index (χ1n) is 15.0. The third kappa shape index (κ3) is 6.32. The molecule has 2 N–H and O–H groups in total. The number of carbonyl (C=O) groups excluding carboxylic acids is 1. The molecule has 1 saturated heterocycles. The first-order chi connectivity index (χ1) is 19.8. The first-order valence-corrected chi connectivity index (χ1v) is 15.0. The monoisotopic (exact) mass is 556 g/mol. The first kappa shape index (κ1) is 29.2. The Morgan fingerprint density at radius 1 is 1.12 bits per heavy atom. The van der Waals surface area contributed by atoms with Crippen LogP contribution in [0.5, 0.6) is 0 Å². The van der Waals surface area contributed by atoms with E-state index in [2.05, 4.69) is 78.4 Å². The summed E-state index contributed by atoms with van der Waals surface area (Å²) < 4.78 is 5.50. The standard InChI is InChI=1S/C34H44N4O3/c1-6-7-26-18-22(2)36-34(40)30(26)20-35-33(39)28-19-29(27-12-13-31(37(4)5)32(27)23(28)3)25-10-8-24(9-11-25)21-38-14-16-41-17-15-38/h8-11,18-19,31H,6-7,12-17,20-21H2,1-5H3,(H,35,39)(H,36,40). The molecule has 7 heteroatoms. The van der Waals surface area contributed by atoms with Crippen LogP contribution >= 0.6 is 0 Å². The Labute approximate surface area is 243 Å². The third-order valence-corrected chi connectivity index (χ3v) is 8.70. The Balaban J connectivity index is 1.46. The molecule has 7 nitrogen and oxygen atoms in total. The number of rotatable bonds is 9. The minimum absolute atomic E-state index is 0.120. The molecule has 218 valence electrons. The molecule has 0 bridgehead atoms. The molecule has 0 saturated carbocycles. The number of amides is 1. The Morgan fingerprint density at radius 2 is 1.85 bits per heavy atom. The number of morpholine rings is 1. The van der Waals surface area contributed by atoms with Crippen LogP contribution in [-0.2, 0) is 30.7 Å². The lowest BCUT2D eigenvalue weighted by molar-refractivity contribution is 0.0342. The smallest absolute Gasteiger partial charge is 0.253 e. The van der Waals surface area contributed by atoms with Crippen LogP contribution in [0.25, 0.3) is 11.1 Å². The normalized spacial score (nSPS) is 17.2. The zero-order valence-corrected chi connectivity index (χ0v) is 25.2. The van der Waals surface area contributed by atoms with Crippen LogP contribution in [0.15, 0.2) is 41.2 Å². The highest BCUT2D eigenvalue weighted by atomic mass is 16.5. The van der Waals surface area contributed by atoms with Crippen molar-refractivity contribution in [2.45, 2.75) is 65.6 Å². The second-order valence-electron chi connectivity index (χ2n) is 11.8. The number of aromatic nitrogens is 1. The van der Waals surface area contributed by atoms with Gasteiger partial charge in [0.15, 0.2) is 0 Å². The van der Waals surface area contributed by atoms with Crippen molar-refractivity contribution in [2.24, 2.45) is 0 Å². The summed E-state index contributed by atoms with van der Waals surface area (Å²) in [4.78, 5) is 34.2. The maximum Gasteiger partial charge on any atom is 0.253 e. The molecule has 3 aromatic rings. The molecule has 2 heterocycles. The maximum absolute atomic E-state index is 13.8. The van der Waals surface area contributed by atoms with Crippen molar-refractivity contribution in [3.8, 4) is 11.1 Å². The van der Waals surface area contributed by atoms with Crippen LogP contribution in [0.2, 0.25) is 0 Å². The van der Waals surface area contributed by atoms with E-state index in [0.29, 0.717) is 11.1 Å². The predicted molar refractivity (Wildman–Crippen MR) is 164 cm³/mol. The van der Waals surface area contributed by atoms with E-state index in [4.69, 9.17) is 4.74 Å². The highest BCUT2D eigenvalue weighted by molar-refractivity contribution is 5.98. The van der Waals surface area contributed by atoms with E-state index in [1.165, 1.54) is 16.7 Å². The Bertz CT molecular complexity index is 1450. The van der Waals surface area contributed by atoms with E-state index in [1.807, 2.05) is 13.0 Å². The van der Waals surface area contributed by atoms with Crippen LogP contribution in [0.3, 0.4) is 0 Å². The fourth-order valence-corrected chi connectivity index (χ4v) is 6.55. The number of aryl methyl sites for hydroxylation is 2. The number of fused-ring (bicyclic) bond motifs is 1. The molecule has 1 amide bonds. The molecule has 1 unspecified atom stereocenters. The zero-order valence-electron chi connectivity index (χ0n) is 25.2. The van der Waals surface area contributed by atoms with E-state index >= 15 is 0 Å². The number of carbonyl (C=O) groups is 1. The summed E-state index contributed by atoms with van der Waals surface area (Å²) in [7, 11) is 4.23. The molecule has 1 aliphatic heterocycles. The second-order valence-corrected chi connectivity index (χ2v) is 11.8. The summed E-state index contributed by atoms with van der Waals surface area (Å²) in [5.74, 6) is -0.137. The summed E-state index contributed by atoms with van der Waals surface area (Å²) in [5.41, 5.74) is 10.3. The molecule has 2 aliphatic rings. The Hall–Kier alpha value is -3.26. The largest absolute Gasteiger partial charge is 0.379 e. The van der Waals surface area contributed by atoms with Crippen LogP contribution in [-0.4, -0.2) is 61.1 Å². The molecule has 2 aromatic carbocycles. The van der Waals surface area contributed by atoms with E-state index in [0.717, 1.165) is 86.5 Å². The highest BCUT2D eigenvalue weighted by Gasteiger charge is 2.31. The molecule has 1 aliphatic carbocycles. The maximum atomic E-state index is 13.8. The highest BCUT2D eigenvalue weighted by Crippen LogP contribution is 2.43. The van der Waals surface area contributed by atoms with Gasteiger partial charge in [0.2, 0.25) is 0 Å². The van der Waals surface area contributed by atoms with E-state index in [1.54, 1.807) is 0 Å². The number of ether oxygens (including phenoxy) is 1. The van der Waals surface area contributed by atoms with Gasteiger partial charge in [0.25, 0.3) is 11.5 Å². The van der Waals surface area contributed by atoms with Gasteiger partial charge in [-0.25, -0.2) is 0 Å². The summed E-state index contributed by atoms with van der Waals surface area (Å²) in [6, 6.07) is 13.2. The predicted octanol–water partition coefficient (Wildman–Crippen LogP) is 4.92. The number of nitrogens with one attached hydrogen (secondary N) is 2. The van der Waals surface area contributed by atoms with Crippen LogP contribution < -0.4 is 10.9 Å². The van der Waals surface area contributed by atoms with Gasteiger partial charge in [-0.15, -0.1) is 0 Å². The number of hydrogen-bond donors (Lipinski definition) is 2. The van der Waals surface area contributed by atoms with Gasteiger partial charge in [-0.2, -0.15) is 0 Å². The SMILES string of the molecule is CCCc1cc(C)[nH]c(=O)c1CNC(=O)c1cc(-c2ccc(CN3CCOCC3)cc2)c2c(c1C)C(N(C)C)CC2. The van der Waals surface area contributed by atoms with Crippen molar-refractivity contribution in [3.63, 3.8) is 0 Å². The van der Waals surface area contributed by atoms with Gasteiger partial charge in [0, 0.05) is 49.0 Å². The summed E-state index contributed by atoms with van der Waals surface area (Å²) in [6.07, 6.45) is 3.78. The van der Waals surface area contributed by atoms with Crippen molar-refractivity contribution in [2.75, 3.05) is 40.4 Å². The van der Waals surface area contributed by atoms with Gasteiger partial charge < -0.3 is 19.9 Å². The van der Waals surface area contributed by atoms with Gasteiger partial charge >= 0.3 is 0 Å². The lowest BCUT2D eigenvalue weighted by Crippen LogP contribution is -2.35. The van der Waals surface area contributed by atoms with Gasteiger partial charge in [0.1, 0.15) is 0 Å². The van der Waals surface area contributed by atoms with Crippen molar-refractivity contribution in [3.05, 3.63) is 91.4 Å². The topological polar surface area (TPSA) is 77.7 Å². The van der Waals surface area contributed by atoms with Crippen molar-refractivity contribution < 1.29 is 9.53 Å². The number of pyridine rings is 1. The summed E-state index contributed by atoms with van der Waals surface area (Å²) in [6.45, 7) is 10.7. The fourth-order valence-electron chi connectivity index (χ4n) is 6.55. The van der Waals surface area contributed by atoms with Crippen LogP contribution in [0.1, 0.15) is 75.2 Å². The molecule has 0 radical (unpaired) electrons. The minimum atomic E-state index is -0.137. The van der Waals surface area contributed by atoms with Gasteiger partial charge in [-0.3, -0.25) is 14.5 Å². The molecule has 1 aromatic heterocycles. The number of H-pyrrole nitrogens is 1. The number of aromatic amines is 1. The molecular weight excluding hydrogens is 512 g/mol. The van der Waals surface area contributed by atoms with Gasteiger partial charge in [-0.1, -0.05) is 37.6 Å². The minimum Gasteiger partial charge on any atom is -0.379 e. The number of hydrogen-bond acceptors (Lipinski definition) is 5. The molecule has 41 heavy (non-hydrogen) atoms. The van der Waals surface area contributed by atoms with Crippen molar-refractivity contribution in [1.82, 2.24) is 20.1 Å². The molecular formula is C34H44N4O3. The second kappa shape index (κ2) is 12.7. The van der Waals surface area contributed by atoms with E-state index < -0.39 is 0 Å². The van der Waals surface area contributed by atoms with Crippen molar-refractivity contribution >= 4 is 5.91 Å². The van der Waals surface area contributed by atoms with E-state index in [-0.39, 0.29) is 24.1 Å². The lowest BCUT2D eigenvalue weighted by Gasteiger charge is -2.26. The van der Waals surface area contributed by atoms with Crippen LogP contribution in [0, 0.1) is 13.8 Å². The van der Waals surface area contributed by atoms with Crippen LogP contribution in [0.4, 0.5) is 0 Å². The lowest BCUT2D eigenvalue weighted by atomic mass is 9.88. The molecule has 1 atom stereocenters. The Morgan fingerprint density at radius 3 is 2.54 bits per heavy atom. The molecule has 5 rings (SSSR count). The quantitative estimate of drug-likeness (QED) is 0.391.